The largest absolute Gasteiger partial charge is 0.490 e. The zero-order valence-corrected chi connectivity index (χ0v) is 13.7. The molecule has 0 aromatic heterocycles. The first-order valence-corrected chi connectivity index (χ1v) is 8.65. The van der Waals surface area contributed by atoms with Gasteiger partial charge in [-0.2, -0.15) is 0 Å². The van der Waals surface area contributed by atoms with Crippen molar-refractivity contribution in [3.05, 3.63) is 27.8 Å². The van der Waals surface area contributed by atoms with E-state index in [2.05, 4.69) is 51.8 Å². The van der Waals surface area contributed by atoms with Crippen molar-refractivity contribution in [1.82, 2.24) is 4.90 Å². The summed E-state index contributed by atoms with van der Waals surface area (Å²) in [6.07, 6.45) is 5.43. The second-order valence-corrected chi connectivity index (χ2v) is 7.43. The number of hydrogen-bond acceptors (Lipinski definition) is 3. The number of piperidine rings is 1. The lowest BCUT2D eigenvalue weighted by molar-refractivity contribution is -0.102. The fraction of sp³-hybridized carbons (Fsp3) is 0.625. The van der Waals surface area contributed by atoms with Gasteiger partial charge in [0.2, 0.25) is 0 Å². The molecule has 2 atom stereocenters. The van der Waals surface area contributed by atoms with Crippen LogP contribution < -0.4 is 4.74 Å². The van der Waals surface area contributed by atoms with Gasteiger partial charge < -0.3 is 9.47 Å². The van der Waals surface area contributed by atoms with Crippen molar-refractivity contribution in [3.8, 4) is 5.75 Å². The molecule has 0 aliphatic carbocycles. The van der Waals surface area contributed by atoms with E-state index in [1.54, 1.807) is 0 Å². The van der Waals surface area contributed by atoms with Gasteiger partial charge in [-0.1, -0.05) is 0 Å². The zero-order chi connectivity index (χ0) is 13.5. The number of ether oxygens (including phenoxy) is 2. The predicted molar refractivity (Wildman–Crippen MR) is 86.1 cm³/mol. The third-order valence-electron chi connectivity index (χ3n) is 4.90. The van der Waals surface area contributed by atoms with E-state index in [4.69, 9.17) is 9.47 Å². The van der Waals surface area contributed by atoms with Crippen LogP contribution in [-0.4, -0.2) is 42.3 Å². The summed E-state index contributed by atoms with van der Waals surface area (Å²) in [6.45, 7) is 1.88. The molecule has 0 spiro atoms. The maximum Gasteiger partial charge on any atom is 0.119 e. The van der Waals surface area contributed by atoms with Gasteiger partial charge in [0.05, 0.1) is 19.3 Å². The van der Waals surface area contributed by atoms with E-state index in [1.165, 1.54) is 29.3 Å². The van der Waals surface area contributed by atoms with Gasteiger partial charge in [0.1, 0.15) is 11.9 Å². The van der Waals surface area contributed by atoms with E-state index in [9.17, 15) is 0 Å². The third kappa shape index (κ3) is 2.46. The average Bonchev–Trinajstić information content (AvgIpc) is 2.64. The van der Waals surface area contributed by atoms with Gasteiger partial charge in [-0.25, -0.2) is 0 Å². The predicted octanol–water partition coefficient (Wildman–Crippen LogP) is 3.06. The molecule has 3 saturated heterocycles. The highest BCUT2D eigenvalue weighted by atomic mass is 127. The highest BCUT2D eigenvalue weighted by Gasteiger charge is 2.46. The lowest BCUT2D eigenvalue weighted by Crippen LogP contribution is -2.57. The van der Waals surface area contributed by atoms with Crippen LogP contribution in [0.2, 0.25) is 0 Å². The summed E-state index contributed by atoms with van der Waals surface area (Å²) in [6, 6.07) is 10.5. The minimum absolute atomic E-state index is 0.393. The van der Waals surface area contributed by atoms with Crippen molar-refractivity contribution in [1.29, 1.82) is 0 Å². The zero-order valence-electron chi connectivity index (χ0n) is 11.5. The lowest BCUT2D eigenvalue weighted by atomic mass is 9.96. The molecule has 1 aromatic carbocycles. The van der Waals surface area contributed by atoms with Crippen LogP contribution in [-0.2, 0) is 4.74 Å². The van der Waals surface area contributed by atoms with Crippen molar-refractivity contribution < 1.29 is 9.47 Å². The molecular weight excluding hydrogens is 365 g/mol. The van der Waals surface area contributed by atoms with Gasteiger partial charge in [0.25, 0.3) is 0 Å². The first-order chi connectivity index (χ1) is 9.79. The van der Waals surface area contributed by atoms with Crippen LogP contribution in [0.15, 0.2) is 24.3 Å². The Morgan fingerprint density at radius 2 is 1.65 bits per heavy atom. The molecule has 4 rings (SSSR count). The summed E-state index contributed by atoms with van der Waals surface area (Å²) >= 11 is 2.33. The van der Waals surface area contributed by atoms with E-state index < -0.39 is 0 Å². The first kappa shape index (κ1) is 13.3. The molecule has 3 nitrogen and oxygen atoms in total. The summed E-state index contributed by atoms with van der Waals surface area (Å²) in [7, 11) is 0. The molecule has 3 fully saturated rings. The highest BCUT2D eigenvalue weighted by Crippen LogP contribution is 2.39. The Balaban J connectivity index is 1.41. The van der Waals surface area contributed by atoms with E-state index in [-0.39, 0.29) is 0 Å². The minimum atomic E-state index is 0.393. The number of rotatable bonds is 3. The lowest BCUT2D eigenvalue weighted by Gasteiger charge is -2.46. The fourth-order valence-corrected chi connectivity index (χ4v) is 4.32. The van der Waals surface area contributed by atoms with Gasteiger partial charge in [-0.15, -0.1) is 0 Å². The Labute approximate surface area is 133 Å². The molecule has 3 aliphatic rings. The van der Waals surface area contributed by atoms with E-state index in [0.717, 1.165) is 31.0 Å². The molecule has 0 N–H and O–H groups in total. The maximum absolute atomic E-state index is 6.21. The van der Waals surface area contributed by atoms with Gasteiger partial charge in [-0.3, -0.25) is 4.90 Å². The quantitative estimate of drug-likeness (QED) is 0.747. The Morgan fingerprint density at radius 1 is 1.00 bits per heavy atom. The molecule has 2 unspecified atom stereocenters. The van der Waals surface area contributed by atoms with Crippen molar-refractivity contribution >= 4 is 22.6 Å². The number of nitrogens with zero attached hydrogens (tertiary/aromatic N) is 1. The molecule has 20 heavy (non-hydrogen) atoms. The third-order valence-corrected chi connectivity index (χ3v) is 5.62. The maximum atomic E-state index is 6.21. The van der Waals surface area contributed by atoms with Crippen LogP contribution in [0.5, 0.6) is 5.75 Å². The van der Waals surface area contributed by atoms with Crippen molar-refractivity contribution in [2.45, 2.75) is 49.9 Å². The Kier molecular flexibility index (Phi) is 3.64. The minimum Gasteiger partial charge on any atom is -0.490 e. The second kappa shape index (κ2) is 5.46. The molecular formula is C16H20INO2. The van der Waals surface area contributed by atoms with Crippen molar-refractivity contribution in [2.75, 3.05) is 13.2 Å². The van der Waals surface area contributed by atoms with Crippen molar-refractivity contribution in [2.24, 2.45) is 0 Å². The van der Waals surface area contributed by atoms with Crippen LogP contribution >= 0.6 is 22.6 Å². The topological polar surface area (TPSA) is 21.7 Å². The summed E-state index contributed by atoms with van der Waals surface area (Å²) in [5.74, 6) is 1.02. The fourth-order valence-electron chi connectivity index (χ4n) is 3.96. The Morgan fingerprint density at radius 3 is 2.20 bits per heavy atom. The Bertz CT molecular complexity index is 460. The second-order valence-electron chi connectivity index (χ2n) is 6.19. The van der Waals surface area contributed by atoms with Gasteiger partial charge in [0.15, 0.2) is 0 Å². The van der Waals surface area contributed by atoms with Gasteiger partial charge in [0, 0.05) is 15.7 Å². The summed E-state index contributed by atoms with van der Waals surface area (Å²) in [5, 5.41) is 0. The SMILES string of the molecule is Ic1ccc(OC2CC3CCC(C2)N3C2COC2)cc1. The average molecular weight is 385 g/mol. The smallest absolute Gasteiger partial charge is 0.119 e. The number of hydrogen-bond donors (Lipinski definition) is 0. The normalized spacial score (nSPS) is 34.0. The molecule has 3 aliphatic heterocycles. The molecule has 3 heterocycles. The van der Waals surface area contributed by atoms with E-state index in [1.807, 2.05) is 0 Å². The van der Waals surface area contributed by atoms with Crippen LogP contribution in [0.3, 0.4) is 0 Å². The molecule has 108 valence electrons. The number of benzene rings is 1. The standard InChI is InChI=1S/C16H20INO2/c17-11-1-5-15(6-2-11)20-16-7-12-3-4-13(8-16)18(12)14-9-19-10-14/h1-2,5-6,12-14,16H,3-4,7-10H2. The van der Waals surface area contributed by atoms with E-state index >= 15 is 0 Å². The highest BCUT2D eigenvalue weighted by molar-refractivity contribution is 14.1. The van der Waals surface area contributed by atoms with E-state index in [0.29, 0.717) is 12.1 Å². The van der Waals surface area contributed by atoms with Gasteiger partial charge in [-0.05, 0) is 72.5 Å². The Hall–Kier alpha value is -0.330. The molecule has 4 heteroatoms. The molecule has 1 aromatic rings. The van der Waals surface area contributed by atoms with Crippen LogP contribution in [0.25, 0.3) is 0 Å². The summed E-state index contributed by atoms with van der Waals surface area (Å²) in [5.41, 5.74) is 0. The first-order valence-electron chi connectivity index (χ1n) is 7.57. The monoisotopic (exact) mass is 385 g/mol. The van der Waals surface area contributed by atoms with Crippen LogP contribution in [0.1, 0.15) is 25.7 Å². The summed E-state index contributed by atoms with van der Waals surface area (Å²) in [4.78, 5) is 2.73. The molecule has 0 amide bonds. The molecule has 0 radical (unpaired) electrons. The van der Waals surface area contributed by atoms with Crippen LogP contribution in [0, 0.1) is 3.57 Å². The summed E-state index contributed by atoms with van der Waals surface area (Å²) < 4.78 is 12.8. The van der Waals surface area contributed by atoms with Gasteiger partial charge >= 0.3 is 0 Å². The van der Waals surface area contributed by atoms with Crippen molar-refractivity contribution in [3.63, 3.8) is 0 Å². The number of fused-ring (bicyclic) bond motifs is 2. The number of halogens is 1. The van der Waals surface area contributed by atoms with Crippen LogP contribution in [0.4, 0.5) is 0 Å². The molecule has 0 saturated carbocycles. The molecule has 2 bridgehead atoms.